The van der Waals surface area contributed by atoms with Crippen molar-refractivity contribution in [3.8, 4) is 0 Å². The van der Waals surface area contributed by atoms with Crippen molar-refractivity contribution in [2.24, 2.45) is 0 Å². The van der Waals surface area contributed by atoms with Crippen LogP contribution in [-0.4, -0.2) is 9.97 Å². The smallest absolute Gasteiger partial charge is 0.368 e. The molecule has 1 saturated carbocycles. The third-order valence-electron chi connectivity index (χ3n) is 3.56. The monoisotopic (exact) mass is 267 g/mol. The van der Waals surface area contributed by atoms with Gasteiger partial charge in [0.2, 0.25) is 5.95 Å². The van der Waals surface area contributed by atoms with E-state index in [9.17, 15) is 13.2 Å². The van der Waals surface area contributed by atoms with Gasteiger partial charge < -0.3 is 5.73 Å². The zero-order valence-electron chi connectivity index (χ0n) is 10.0. The summed E-state index contributed by atoms with van der Waals surface area (Å²) in [5.41, 5.74) is 5.93. The molecule has 2 N–H and O–H groups in total. The van der Waals surface area contributed by atoms with Crippen molar-refractivity contribution < 1.29 is 13.2 Å². The van der Waals surface area contributed by atoms with Crippen LogP contribution in [0.1, 0.15) is 36.4 Å². The van der Waals surface area contributed by atoms with E-state index in [1.807, 2.05) is 0 Å². The molecule has 6 heteroatoms. The Morgan fingerprint density at radius 3 is 2.47 bits per heavy atom. The molecular weight excluding hydrogens is 255 g/mol. The highest BCUT2D eigenvalue weighted by molar-refractivity contribution is 5.83. The Bertz CT molecular complexity index is 633. The molecule has 1 aliphatic carbocycles. The van der Waals surface area contributed by atoms with Crippen molar-refractivity contribution >= 4 is 16.9 Å². The minimum absolute atomic E-state index is 0.0359. The highest BCUT2D eigenvalue weighted by atomic mass is 19.4. The number of nitrogens with zero attached hydrogens (tertiary/aromatic N) is 2. The first-order valence-corrected chi connectivity index (χ1v) is 6.09. The van der Waals surface area contributed by atoms with Crippen molar-refractivity contribution in [2.75, 3.05) is 5.73 Å². The van der Waals surface area contributed by atoms with Gasteiger partial charge in [0.05, 0.1) is 16.8 Å². The van der Waals surface area contributed by atoms with Crippen molar-refractivity contribution in [3.63, 3.8) is 0 Å². The summed E-state index contributed by atoms with van der Waals surface area (Å²) in [5.74, 6) is 0.332. The molecule has 2 aromatic rings. The predicted octanol–water partition coefficient (Wildman–Crippen LogP) is 3.50. The Morgan fingerprint density at radius 2 is 1.89 bits per heavy atom. The van der Waals surface area contributed by atoms with Crippen molar-refractivity contribution in [3.05, 3.63) is 29.5 Å². The highest BCUT2D eigenvalue weighted by Gasteiger charge is 2.31. The number of hydrogen-bond donors (Lipinski definition) is 1. The summed E-state index contributed by atoms with van der Waals surface area (Å²) in [6.45, 7) is 0. The maximum Gasteiger partial charge on any atom is 0.416 e. The molecule has 0 saturated heterocycles. The van der Waals surface area contributed by atoms with E-state index >= 15 is 0 Å². The molecule has 0 radical (unpaired) electrons. The third kappa shape index (κ3) is 2.11. The average Bonchev–Trinajstić information content (AvgIpc) is 2.24. The number of rotatable bonds is 1. The zero-order valence-corrected chi connectivity index (χ0v) is 10.0. The second kappa shape index (κ2) is 4.08. The molecule has 0 unspecified atom stereocenters. The van der Waals surface area contributed by atoms with Crippen molar-refractivity contribution in [2.45, 2.75) is 31.4 Å². The van der Waals surface area contributed by atoms with E-state index in [-0.39, 0.29) is 11.5 Å². The van der Waals surface area contributed by atoms with Gasteiger partial charge in [-0.25, -0.2) is 9.97 Å². The lowest BCUT2D eigenvalue weighted by Gasteiger charge is -2.26. The second-order valence-corrected chi connectivity index (χ2v) is 4.82. The minimum atomic E-state index is -4.37. The van der Waals surface area contributed by atoms with Crippen LogP contribution in [0.25, 0.3) is 10.9 Å². The molecule has 100 valence electrons. The molecule has 1 aliphatic rings. The maximum absolute atomic E-state index is 12.7. The molecule has 1 heterocycles. The highest BCUT2D eigenvalue weighted by Crippen LogP contribution is 2.39. The van der Waals surface area contributed by atoms with Gasteiger partial charge in [-0.2, -0.15) is 13.2 Å². The standard InChI is InChI=1S/C13H12F3N3/c14-13(15,16)8-4-5-9-10(6-8)18-12(17)19-11(9)7-2-1-3-7/h4-7H,1-3H2,(H2,17,18,19). The number of nitrogen functional groups attached to an aromatic ring is 1. The topological polar surface area (TPSA) is 51.8 Å². The van der Waals surface area contributed by atoms with E-state index in [1.165, 1.54) is 6.07 Å². The lowest BCUT2D eigenvalue weighted by atomic mass is 9.81. The number of hydrogen-bond acceptors (Lipinski definition) is 3. The number of fused-ring (bicyclic) bond motifs is 1. The van der Waals surface area contributed by atoms with Crippen LogP contribution in [0, 0.1) is 0 Å². The van der Waals surface area contributed by atoms with Crippen LogP contribution in [0.5, 0.6) is 0 Å². The van der Waals surface area contributed by atoms with E-state index in [0.717, 1.165) is 37.1 Å². The van der Waals surface area contributed by atoms with E-state index < -0.39 is 11.7 Å². The first-order chi connectivity index (χ1) is 8.95. The summed E-state index contributed by atoms with van der Waals surface area (Å²) in [7, 11) is 0. The molecule has 1 aromatic heterocycles. The quantitative estimate of drug-likeness (QED) is 0.860. The van der Waals surface area contributed by atoms with Gasteiger partial charge in [0.15, 0.2) is 0 Å². The van der Waals surface area contributed by atoms with Crippen molar-refractivity contribution in [1.29, 1.82) is 0 Å². The molecule has 0 atom stereocenters. The Balaban J connectivity index is 2.18. The Kier molecular flexibility index (Phi) is 2.62. The number of benzene rings is 1. The second-order valence-electron chi connectivity index (χ2n) is 4.82. The summed E-state index contributed by atoms with van der Waals surface area (Å²) in [6, 6.07) is 3.56. The first-order valence-electron chi connectivity index (χ1n) is 6.09. The molecule has 3 nitrogen and oxygen atoms in total. The SMILES string of the molecule is Nc1nc(C2CCC2)c2ccc(C(F)(F)F)cc2n1. The Labute approximate surface area is 107 Å². The summed E-state index contributed by atoms with van der Waals surface area (Å²) < 4.78 is 38.0. The van der Waals surface area contributed by atoms with Gasteiger partial charge in [0, 0.05) is 11.3 Å². The molecule has 0 spiro atoms. The molecule has 0 bridgehead atoms. The first kappa shape index (κ1) is 12.2. The van der Waals surface area contributed by atoms with E-state index in [1.54, 1.807) is 0 Å². The van der Waals surface area contributed by atoms with Crippen LogP contribution in [0.4, 0.5) is 19.1 Å². The molecule has 0 amide bonds. The largest absolute Gasteiger partial charge is 0.416 e. The Hall–Kier alpha value is -1.85. The normalized spacial score (nSPS) is 16.6. The van der Waals surface area contributed by atoms with Gasteiger partial charge in [-0.05, 0) is 25.0 Å². The van der Waals surface area contributed by atoms with Crippen LogP contribution in [0.2, 0.25) is 0 Å². The van der Waals surface area contributed by atoms with Crippen LogP contribution in [0.15, 0.2) is 18.2 Å². The van der Waals surface area contributed by atoms with E-state index in [0.29, 0.717) is 11.3 Å². The van der Waals surface area contributed by atoms with Gasteiger partial charge in [-0.3, -0.25) is 0 Å². The minimum Gasteiger partial charge on any atom is -0.368 e. The lowest BCUT2D eigenvalue weighted by molar-refractivity contribution is -0.137. The molecule has 1 fully saturated rings. The van der Waals surface area contributed by atoms with E-state index in [4.69, 9.17) is 5.73 Å². The molecule has 0 aliphatic heterocycles. The fourth-order valence-corrected chi connectivity index (χ4v) is 2.34. The van der Waals surface area contributed by atoms with Crippen LogP contribution in [-0.2, 0) is 6.18 Å². The van der Waals surface area contributed by atoms with Crippen LogP contribution in [0.3, 0.4) is 0 Å². The van der Waals surface area contributed by atoms with Crippen molar-refractivity contribution in [1.82, 2.24) is 9.97 Å². The average molecular weight is 267 g/mol. The van der Waals surface area contributed by atoms with Crippen LogP contribution < -0.4 is 5.73 Å². The number of aromatic nitrogens is 2. The van der Waals surface area contributed by atoms with E-state index in [2.05, 4.69) is 9.97 Å². The number of alkyl halides is 3. The maximum atomic E-state index is 12.7. The fraction of sp³-hybridized carbons (Fsp3) is 0.385. The predicted molar refractivity (Wildman–Crippen MR) is 65.5 cm³/mol. The van der Waals surface area contributed by atoms with Gasteiger partial charge in [-0.1, -0.05) is 12.5 Å². The van der Waals surface area contributed by atoms with Crippen LogP contribution >= 0.6 is 0 Å². The summed E-state index contributed by atoms with van der Waals surface area (Å²) in [6.07, 6.45) is -1.24. The number of nitrogens with two attached hydrogens (primary N) is 1. The summed E-state index contributed by atoms with van der Waals surface area (Å²) in [4.78, 5) is 8.12. The molecule has 1 aromatic carbocycles. The lowest BCUT2D eigenvalue weighted by Crippen LogP contribution is -2.13. The van der Waals surface area contributed by atoms with Gasteiger partial charge in [0.1, 0.15) is 0 Å². The molecule has 19 heavy (non-hydrogen) atoms. The van der Waals surface area contributed by atoms with Gasteiger partial charge in [0.25, 0.3) is 0 Å². The molecule has 3 rings (SSSR count). The summed E-state index contributed by atoms with van der Waals surface area (Å²) in [5, 5.41) is 0.673. The Morgan fingerprint density at radius 1 is 1.16 bits per heavy atom. The zero-order chi connectivity index (χ0) is 13.6. The summed E-state index contributed by atoms with van der Waals surface area (Å²) >= 11 is 0. The van der Waals surface area contributed by atoms with Gasteiger partial charge in [-0.15, -0.1) is 0 Å². The fourth-order valence-electron chi connectivity index (χ4n) is 2.34. The third-order valence-corrected chi connectivity index (χ3v) is 3.56. The number of halogens is 3. The number of anilines is 1. The molecular formula is C13H12F3N3. The van der Waals surface area contributed by atoms with Gasteiger partial charge >= 0.3 is 6.18 Å².